The Morgan fingerprint density at radius 2 is 1.64 bits per heavy atom. The van der Waals surface area contributed by atoms with Crippen LogP contribution < -0.4 is 15.5 Å². The van der Waals surface area contributed by atoms with E-state index < -0.39 is 0 Å². The van der Waals surface area contributed by atoms with Crippen LogP contribution in [0.25, 0.3) is 0 Å². The molecule has 0 aliphatic carbocycles. The van der Waals surface area contributed by atoms with Crippen molar-refractivity contribution in [2.24, 2.45) is 4.99 Å². The van der Waals surface area contributed by atoms with Crippen molar-refractivity contribution < 1.29 is 0 Å². The molecule has 0 unspecified atom stereocenters. The summed E-state index contributed by atoms with van der Waals surface area (Å²) in [4.78, 5) is 14.0. The van der Waals surface area contributed by atoms with E-state index in [1.54, 1.807) is 0 Å². The van der Waals surface area contributed by atoms with Crippen molar-refractivity contribution in [3.05, 3.63) is 23.9 Å². The largest absolute Gasteiger partial charge is 0.357 e. The fourth-order valence-corrected chi connectivity index (χ4v) is 3.93. The average Bonchev–Trinajstić information content (AvgIpc) is 3.01. The number of hydrogen-bond donors (Lipinski definition) is 2. The highest BCUT2D eigenvalue weighted by atomic mass is 127. The molecule has 2 aliphatic rings. The average molecular weight is 500 g/mol. The van der Waals surface area contributed by atoms with Crippen molar-refractivity contribution in [2.45, 2.75) is 51.5 Å². The number of halogens is 1. The lowest BCUT2D eigenvalue weighted by Crippen LogP contribution is -2.42. The molecular formula is C21H37IN6. The normalized spacial score (nSPS) is 18.9. The van der Waals surface area contributed by atoms with Crippen LogP contribution in [0.3, 0.4) is 0 Å². The number of rotatable bonds is 6. The lowest BCUT2D eigenvalue weighted by molar-refractivity contribution is 0.232. The molecule has 2 fully saturated rings. The molecule has 6 nitrogen and oxygen atoms in total. The summed E-state index contributed by atoms with van der Waals surface area (Å²) in [6.07, 6.45) is 11.3. The quantitative estimate of drug-likeness (QED) is 0.357. The standard InChI is InChI=1S/C21H36N6.HI/c1-22-21(23-11-16-26-12-5-4-6-13-26)25-18-19-9-10-20(24-17-19)27-14-7-2-3-8-15-27;/h9-10,17H,2-8,11-16,18H2,1H3,(H2,22,23,25);1H. The van der Waals surface area contributed by atoms with Gasteiger partial charge in [-0.1, -0.05) is 25.3 Å². The second kappa shape index (κ2) is 13.2. The van der Waals surface area contributed by atoms with E-state index in [0.717, 1.165) is 44.5 Å². The molecule has 2 N–H and O–H groups in total. The third-order valence-corrected chi connectivity index (χ3v) is 5.59. The molecule has 28 heavy (non-hydrogen) atoms. The first kappa shape index (κ1) is 23.2. The Kier molecular flexibility index (Phi) is 10.9. The first-order valence-corrected chi connectivity index (χ1v) is 10.7. The fourth-order valence-electron chi connectivity index (χ4n) is 3.93. The summed E-state index contributed by atoms with van der Waals surface area (Å²) in [6, 6.07) is 4.34. The van der Waals surface area contributed by atoms with Crippen molar-refractivity contribution in [3.8, 4) is 0 Å². The third kappa shape index (κ3) is 7.73. The van der Waals surface area contributed by atoms with Gasteiger partial charge in [0.15, 0.2) is 5.96 Å². The number of piperidine rings is 1. The van der Waals surface area contributed by atoms with E-state index in [0.29, 0.717) is 0 Å². The highest BCUT2D eigenvalue weighted by molar-refractivity contribution is 14.0. The zero-order valence-corrected chi connectivity index (χ0v) is 19.7. The van der Waals surface area contributed by atoms with Crippen molar-refractivity contribution in [1.82, 2.24) is 20.5 Å². The summed E-state index contributed by atoms with van der Waals surface area (Å²) in [5.74, 6) is 1.98. The summed E-state index contributed by atoms with van der Waals surface area (Å²) < 4.78 is 0. The van der Waals surface area contributed by atoms with E-state index in [4.69, 9.17) is 4.98 Å². The number of likely N-dealkylation sites (tertiary alicyclic amines) is 1. The van der Waals surface area contributed by atoms with Gasteiger partial charge in [-0.2, -0.15) is 0 Å². The molecule has 0 saturated carbocycles. The molecular weight excluding hydrogens is 463 g/mol. The van der Waals surface area contributed by atoms with E-state index in [1.807, 2.05) is 13.2 Å². The Morgan fingerprint density at radius 3 is 2.29 bits per heavy atom. The van der Waals surface area contributed by atoms with Crippen LogP contribution in [0.5, 0.6) is 0 Å². The van der Waals surface area contributed by atoms with Crippen LogP contribution in [0.2, 0.25) is 0 Å². The molecule has 0 spiro atoms. The lowest BCUT2D eigenvalue weighted by atomic mass is 10.1. The number of anilines is 1. The van der Waals surface area contributed by atoms with Gasteiger partial charge in [0.05, 0.1) is 0 Å². The number of pyridine rings is 1. The van der Waals surface area contributed by atoms with Crippen LogP contribution in [-0.2, 0) is 6.54 Å². The van der Waals surface area contributed by atoms with Crippen molar-refractivity contribution in [2.75, 3.05) is 51.2 Å². The SMILES string of the molecule is CN=C(NCCN1CCCCC1)NCc1ccc(N2CCCCCC2)nc1.I. The highest BCUT2D eigenvalue weighted by Gasteiger charge is 2.11. The van der Waals surface area contributed by atoms with E-state index in [1.165, 1.54) is 63.6 Å². The zero-order valence-electron chi connectivity index (χ0n) is 17.3. The molecule has 0 aromatic carbocycles. The molecule has 1 aromatic rings. The summed E-state index contributed by atoms with van der Waals surface area (Å²) in [6.45, 7) is 7.52. The van der Waals surface area contributed by atoms with Crippen molar-refractivity contribution in [1.29, 1.82) is 0 Å². The van der Waals surface area contributed by atoms with Crippen LogP contribution in [0.1, 0.15) is 50.5 Å². The molecule has 7 heteroatoms. The topological polar surface area (TPSA) is 55.8 Å². The van der Waals surface area contributed by atoms with Gasteiger partial charge in [-0.3, -0.25) is 4.99 Å². The van der Waals surface area contributed by atoms with Gasteiger partial charge in [-0.25, -0.2) is 4.98 Å². The Labute approximate surface area is 187 Å². The second-order valence-electron chi connectivity index (χ2n) is 7.68. The van der Waals surface area contributed by atoms with Gasteiger partial charge >= 0.3 is 0 Å². The smallest absolute Gasteiger partial charge is 0.191 e. The van der Waals surface area contributed by atoms with Crippen LogP contribution in [0.4, 0.5) is 5.82 Å². The number of aliphatic imine (C=N–C) groups is 1. The van der Waals surface area contributed by atoms with E-state index in [2.05, 4.69) is 37.6 Å². The molecule has 3 heterocycles. The molecule has 1 aromatic heterocycles. The van der Waals surface area contributed by atoms with Crippen LogP contribution in [-0.4, -0.2) is 62.2 Å². The number of nitrogens with one attached hydrogen (secondary N) is 2. The predicted octanol–water partition coefficient (Wildman–Crippen LogP) is 3.23. The fraction of sp³-hybridized carbons (Fsp3) is 0.714. The van der Waals surface area contributed by atoms with Crippen LogP contribution in [0, 0.1) is 0 Å². The number of nitrogens with zero attached hydrogens (tertiary/aromatic N) is 4. The number of aromatic nitrogens is 1. The summed E-state index contributed by atoms with van der Waals surface area (Å²) in [7, 11) is 1.83. The van der Waals surface area contributed by atoms with E-state index in [9.17, 15) is 0 Å². The van der Waals surface area contributed by atoms with Gasteiger partial charge in [0, 0.05) is 46.0 Å². The molecule has 0 amide bonds. The maximum atomic E-state index is 4.69. The molecule has 0 bridgehead atoms. The van der Waals surface area contributed by atoms with Gasteiger partial charge in [-0.15, -0.1) is 24.0 Å². The van der Waals surface area contributed by atoms with Crippen molar-refractivity contribution in [3.63, 3.8) is 0 Å². The van der Waals surface area contributed by atoms with Crippen LogP contribution in [0.15, 0.2) is 23.3 Å². The van der Waals surface area contributed by atoms with Gasteiger partial charge in [-0.05, 0) is 50.4 Å². The summed E-state index contributed by atoms with van der Waals surface area (Å²) in [5, 5.41) is 6.82. The second-order valence-corrected chi connectivity index (χ2v) is 7.68. The minimum absolute atomic E-state index is 0. The van der Waals surface area contributed by atoms with Crippen molar-refractivity contribution >= 4 is 35.8 Å². The maximum Gasteiger partial charge on any atom is 0.191 e. The number of guanidine groups is 1. The van der Waals surface area contributed by atoms with E-state index in [-0.39, 0.29) is 24.0 Å². The first-order chi connectivity index (χ1) is 13.3. The molecule has 2 aliphatic heterocycles. The Bertz CT molecular complexity index is 563. The Balaban J connectivity index is 0.00000280. The molecule has 2 saturated heterocycles. The minimum Gasteiger partial charge on any atom is -0.357 e. The highest BCUT2D eigenvalue weighted by Crippen LogP contribution is 2.17. The minimum atomic E-state index is 0. The van der Waals surface area contributed by atoms with Gasteiger partial charge in [0.25, 0.3) is 0 Å². The molecule has 0 atom stereocenters. The molecule has 158 valence electrons. The summed E-state index contributed by atoms with van der Waals surface area (Å²) >= 11 is 0. The zero-order chi connectivity index (χ0) is 18.7. The molecule has 0 radical (unpaired) electrons. The van der Waals surface area contributed by atoms with E-state index >= 15 is 0 Å². The maximum absolute atomic E-state index is 4.69. The van der Waals surface area contributed by atoms with Crippen LogP contribution >= 0.6 is 24.0 Å². The first-order valence-electron chi connectivity index (χ1n) is 10.7. The monoisotopic (exact) mass is 500 g/mol. The third-order valence-electron chi connectivity index (χ3n) is 5.59. The van der Waals surface area contributed by atoms with Gasteiger partial charge in [0.1, 0.15) is 5.82 Å². The van der Waals surface area contributed by atoms with Gasteiger partial charge in [0.2, 0.25) is 0 Å². The van der Waals surface area contributed by atoms with Gasteiger partial charge < -0.3 is 20.4 Å². The Hall–Kier alpha value is -1.09. The number of hydrogen-bond acceptors (Lipinski definition) is 4. The predicted molar refractivity (Wildman–Crippen MR) is 129 cm³/mol. The lowest BCUT2D eigenvalue weighted by Gasteiger charge is -2.26. The summed E-state index contributed by atoms with van der Waals surface area (Å²) in [5.41, 5.74) is 1.19. The molecule has 3 rings (SSSR count). The Morgan fingerprint density at radius 1 is 0.964 bits per heavy atom.